The van der Waals surface area contributed by atoms with Crippen LogP contribution in [0.2, 0.25) is 0 Å². The molecule has 0 N–H and O–H groups in total. The van der Waals surface area contributed by atoms with Crippen LogP contribution in [0.1, 0.15) is 42.1 Å². The van der Waals surface area contributed by atoms with Gasteiger partial charge in [-0.05, 0) is 24.1 Å². The molecular weight excluding hydrogens is 412 g/mol. The molecule has 0 atom stereocenters. The summed E-state index contributed by atoms with van der Waals surface area (Å²) in [4.78, 5) is 20.2. The number of methoxy groups -OCH3 is 2. The van der Waals surface area contributed by atoms with Gasteiger partial charge in [0.1, 0.15) is 28.4 Å². The highest BCUT2D eigenvalue weighted by molar-refractivity contribution is 7.22. The number of ether oxygens (including phenoxy) is 3. The molecule has 6 nitrogen and oxygen atoms in total. The summed E-state index contributed by atoms with van der Waals surface area (Å²) in [6, 6.07) is 10.0. The third-order valence-corrected chi connectivity index (χ3v) is 7.46. The van der Waals surface area contributed by atoms with Gasteiger partial charge in [-0.25, -0.2) is 4.98 Å². The molecule has 5 rings (SSSR count). The molecule has 0 radical (unpaired) electrons. The fourth-order valence-corrected chi connectivity index (χ4v) is 5.63. The molecular formula is C24H26N2O4S. The Kier molecular flexibility index (Phi) is 5.01. The van der Waals surface area contributed by atoms with Crippen molar-refractivity contribution in [3.05, 3.63) is 41.5 Å². The highest BCUT2D eigenvalue weighted by Crippen LogP contribution is 2.45. The minimum absolute atomic E-state index is 0.0706. The number of rotatable bonds is 4. The van der Waals surface area contributed by atoms with Crippen LogP contribution in [-0.2, 0) is 6.42 Å². The molecule has 3 heterocycles. The van der Waals surface area contributed by atoms with E-state index in [-0.39, 0.29) is 5.78 Å². The summed E-state index contributed by atoms with van der Waals surface area (Å²) in [5, 5.41) is 1.05. The maximum atomic E-state index is 13.0. The van der Waals surface area contributed by atoms with Crippen molar-refractivity contribution in [2.75, 3.05) is 32.2 Å². The molecule has 2 aromatic carbocycles. The monoisotopic (exact) mass is 438 g/mol. The van der Waals surface area contributed by atoms with Gasteiger partial charge in [0, 0.05) is 38.1 Å². The first-order valence-electron chi connectivity index (χ1n) is 10.7. The lowest BCUT2D eigenvalue weighted by molar-refractivity contribution is 0.0225. The van der Waals surface area contributed by atoms with Gasteiger partial charge in [-0.1, -0.05) is 24.3 Å². The number of hydrogen-bond acceptors (Lipinski definition) is 7. The Hall–Kier alpha value is -2.80. The van der Waals surface area contributed by atoms with E-state index in [1.807, 2.05) is 0 Å². The molecule has 1 fully saturated rings. The standard InChI is InChI=1S/C24H26N2O4S/c1-4-15-5-6-17-21(11-15)31-23(25-17)26-9-7-24(8-10-26)14-18(27)22-19(29-3)12-16(28-2)13-20(22)30-24/h5-6,11-13H,4,7-10,14H2,1-3H3. The first-order valence-corrected chi connectivity index (χ1v) is 11.5. The van der Waals surface area contributed by atoms with Gasteiger partial charge in [0.2, 0.25) is 0 Å². The maximum absolute atomic E-state index is 13.0. The number of piperidine rings is 1. The van der Waals surface area contributed by atoms with Crippen molar-refractivity contribution in [2.45, 2.75) is 38.2 Å². The molecule has 0 saturated carbocycles. The minimum atomic E-state index is -0.482. The number of carbonyl (C=O) groups excluding carboxylic acids is 1. The molecule has 0 unspecified atom stereocenters. The van der Waals surface area contributed by atoms with E-state index in [9.17, 15) is 4.79 Å². The van der Waals surface area contributed by atoms with E-state index >= 15 is 0 Å². The number of hydrogen-bond donors (Lipinski definition) is 0. The third kappa shape index (κ3) is 3.51. The van der Waals surface area contributed by atoms with Crippen molar-refractivity contribution in [1.82, 2.24) is 4.98 Å². The first-order chi connectivity index (χ1) is 15.0. The van der Waals surface area contributed by atoms with E-state index in [0.717, 1.165) is 43.0 Å². The lowest BCUT2D eigenvalue weighted by Gasteiger charge is -2.44. The summed E-state index contributed by atoms with van der Waals surface area (Å²) in [6.07, 6.45) is 2.94. The second-order valence-electron chi connectivity index (χ2n) is 8.23. The quantitative estimate of drug-likeness (QED) is 0.579. The van der Waals surface area contributed by atoms with Crippen LogP contribution >= 0.6 is 11.3 Å². The van der Waals surface area contributed by atoms with Gasteiger partial charge in [0.05, 0.1) is 30.9 Å². The average molecular weight is 439 g/mol. The molecule has 162 valence electrons. The number of thiazole rings is 1. The van der Waals surface area contributed by atoms with Gasteiger partial charge in [-0.15, -0.1) is 0 Å². The van der Waals surface area contributed by atoms with E-state index in [0.29, 0.717) is 29.2 Å². The van der Waals surface area contributed by atoms with Gasteiger partial charge in [-0.3, -0.25) is 4.79 Å². The van der Waals surface area contributed by atoms with Crippen LogP contribution in [0.5, 0.6) is 17.2 Å². The molecule has 2 aliphatic heterocycles. The smallest absolute Gasteiger partial charge is 0.186 e. The zero-order valence-electron chi connectivity index (χ0n) is 18.1. The fraction of sp³-hybridized carbons (Fsp3) is 0.417. The molecule has 0 amide bonds. The summed E-state index contributed by atoms with van der Waals surface area (Å²) in [5.41, 5.74) is 2.42. The number of benzene rings is 2. The number of carbonyl (C=O) groups is 1. The molecule has 7 heteroatoms. The van der Waals surface area contributed by atoms with Crippen molar-refractivity contribution in [1.29, 1.82) is 0 Å². The van der Waals surface area contributed by atoms with Crippen LogP contribution in [0, 0.1) is 0 Å². The number of Topliss-reactive ketones (excluding diaryl/α,β-unsaturated/α-hetero) is 1. The second kappa shape index (κ2) is 7.71. The van der Waals surface area contributed by atoms with Gasteiger partial charge in [0.15, 0.2) is 10.9 Å². The molecule has 0 bridgehead atoms. The van der Waals surface area contributed by atoms with Gasteiger partial charge in [-0.2, -0.15) is 0 Å². The largest absolute Gasteiger partial charge is 0.496 e. The summed E-state index contributed by atoms with van der Waals surface area (Å²) >= 11 is 1.74. The van der Waals surface area contributed by atoms with Gasteiger partial charge < -0.3 is 19.1 Å². The van der Waals surface area contributed by atoms with Crippen LogP contribution in [0.15, 0.2) is 30.3 Å². The number of fused-ring (bicyclic) bond motifs is 2. The first kappa shape index (κ1) is 20.1. The van der Waals surface area contributed by atoms with Crippen LogP contribution < -0.4 is 19.1 Å². The van der Waals surface area contributed by atoms with E-state index in [4.69, 9.17) is 19.2 Å². The lowest BCUT2D eigenvalue weighted by Crippen LogP contribution is -2.51. The van der Waals surface area contributed by atoms with Crippen molar-refractivity contribution in [2.24, 2.45) is 0 Å². The number of ketones is 1. The Morgan fingerprint density at radius 3 is 2.68 bits per heavy atom. The topological polar surface area (TPSA) is 60.9 Å². The minimum Gasteiger partial charge on any atom is -0.496 e. The molecule has 1 spiro atoms. The zero-order chi connectivity index (χ0) is 21.6. The molecule has 1 saturated heterocycles. The highest BCUT2D eigenvalue weighted by atomic mass is 32.1. The summed E-state index contributed by atoms with van der Waals surface area (Å²) in [6.45, 7) is 3.79. The van der Waals surface area contributed by atoms with Crippen LogP contribution in [-0.4, -0.2) is 43.7 Å². The maximum Gasteiger partial charge on any atom is 0.186 e. The van der Waals surface area contributed by atoms with Crippen molar-refractivity contribution in [3.8, 4) is 17.2 Å². The van der Waals surface area contributed by atoms with E-state index < -0.39 is 5.60 Å². The predicted molar refractivity (Wildman–Crippen MR) is 122 cm³/mol. The van der Waals surface area contributed by atoms with Crippen LogP contribution in [0.25, 0.3) is 10.2 Å². The zero-order valence-corrected chi connectivity index (χ0v) is 18.9. The van der Waals surface area contributed by atoms with Crippen molar-refractivity contribution in [3.63, 3.8) is 0 Å². The normalized spacial score (nSPS) is 17.5. The molecule has 2 aliphatic rings. The molecule has 3 aromatic rings. The van der Waals surface area contributed by atoms with E-state index in [1.165, 1.54) is 10.3 Å². The Labute approximate surface area is 185 Å². The summed E-state index contributed by atoms with van der Waals surface area (Å²) in [7, 11) is 3.16. The van der Waals surface area contributed by atoms with Gasteiger partial charge in [0.25, 0.3) is 0 Å². The number of aryl methyl sites for hydroxylation is 1. The number of anilines is 1. The molecule has 31 heavy (non-hydrogen) atoms. The van der Waals surface area contributed by atoms with Crippen LogP contribution in [0.3, 0.4) is 0 Å². The van der Waals surface area contributed by atoms with Crippen molar-refractivity contribution < 1.29 is 19.0 Å². The Morgan fingerprint density at radius 1 is 1.16 bits per heavy atom. The molecule has 1 aromatic heterocycles. The SMILES string of the molecule is CCc1ccc2nc(N3CCC4(CC3)CC(=O)c3c(OC)cc(OC)cc3O4)sc2c1. The van der Waals surface area contributed by atoms with Gasteiger partial charge >= 0.3 is 0 Å². The third-order valence-electron chi connectivity index (χ3n) is 6.38. The average Bonchev–Trinajstić information content (AvgIpc) is 3.21. The Morgan fingerprint density at radius 2 is 1.97 bits per heavy atom. The van der Waals surface area contributed by atoms with E-state index in [2.05, 4.69) is 30.0 Å². The number of nitrogens with zero attached hydrogens (tertiary/aromatic N) is 2. The highest BCUT2D eigenvalue weighted by Gasteiger charge is 2.44. The summed E-state index contributed by atoms with van der Waals surface area (Å²) in [5.74, 6) is 1.76. The lowest BCUT2D eigenvalue weighted by atomic mass is 9.82. The van der Waals surface area contributed by atoms with Crippen molar-refractivity contribution >= 4 is 32.5 Å². The number of aromatic nitrogens is 1. The molecule has 0 aliphatic carbocycles. The second-order valence-corrected chi connectivity index (χ2v) is 9.24. The Bertz CT molecular complexity index is 1150. The van der Waals surface area contributed by atoms with E-state index in [1.54, 1.807) is 37.7 Å². The Balaban J connectivity index is 1.37. The predicted octanol–water partition coefficient (Wildman–Crippen LogP) is 4.88. The van der Waals surface area contributed by atoms with Crippen LogP contribution in [0.4, 0.5) is 5.13 Å². The fourth-order valence-electron chi connectivity index (χ4n) is 4.55. The summed E-state index contributed by atoms with van der Waals surface area (Å²) < 4.78 is 18.5.